The molecule has 0 saturated carbocycles. The predicted octanol–water partition coefficient (Wildman–Crippen LogP) is 6.28. The zero-order valence-electron chi connectivity index (χ0n) is 22.9. The molecular formula is C28H36FN5O3S2. The molecule has 39 heavy (non-hydrogen) atoms. The molecule has 2 saturated heterocycles. The fourth-order valence-electron chi connectivity index (χ4n) is 4.97. The van der Waals surface area contributed by atoms with Gasteiger partial charge in [0.25, 0.3) is 5.91 Å². The molecule has 0 aromatic carbocycles. The largest absolute Gasteiger partial charge is 0.481 e. The smallest absolute Gasteiger partial charge is 0.306 e. The Morgan fingerprint density at radius 3 is 2.51 bits per heavy atom. The van der Waals surface area contributed by atoms with Gasteiger partial charge in [0, 0.05) is 36.8 Å². The molecule has 2 aliphatic heterocycles. The lowest BCUT2D eigenvalue weighted by atomic mass is 9.97. The Balaban J connectivity index is 0.00000172. The number of halogens is 1. The number of aryl methyl sites for hydroxylation is 1. The van der Waals surface area contributed by atoms with Gasteiger partial charge in [0.15, 0.2) is 16.8 Å². The number of nitrogens with zero attached hydrogens (tertiary/aromatic N) is 4. The van der Waals surface area contributed by atoms with E-state index in [2.05, 4.69) is 40.5 Å². The second kappa shape index (κ2) is 13.0. The molecule has 8 nitrogen and oxygen atoms in total. The molecule has 0 aliphatic carbocycles. The van der Waals surface area contributed by atoms with Crippen LogP contribution in [0.5, 0.6) is 0 Å². The van der Waals surface area contributed by atoms with E-state index in [-0.39, 0.29) is 11.4 Å². The number of carboxylic acids is 1. The lowest BCUT2D eigenvalue weighted by molar-refractivity contribution is -0.142. The van der Waals surface area contributed by atoms with E-state index in [1.54, 1.807) is 16.2 Å². The number of carboxylic acid groups (broad SMARTS) is 1. The molecule has 1 unspecified atom stereocenters. The van der Waals surface area contributed by atoms with Gasteiger partial charge in [-0.05, 0) is 69.2 Å². The minimum atomic E-state index is -0.822. The second-order valence-corrected chi connectivity index (χ2v) is 11.8. The van der Waals surface area contributed by atoms with Crippen LogP contribution in [-0.2, 0) is 11.3 Å². The van der Waals surface area contributed by atoms with Crippen molar-refractivity contribution >= 4 is 45.5 Å². The Hall–Kier alpha value is -2.89. The van der Waals surface area contributed by atoms with Crippen LogP contribution < -0.4 is 10.2 Å². The number of rotatable bonds is 7. The Bertz CT molecular complexity index is 1300. The van der Waals surface area contributed by atoms with Gasteiger partial charge < -0.3 is 10.0 Å². The number of hydrogen-bond acceptors (Lipinski definition) is 8. The first-order chi connectivity index (χ1) is 18.8. The van der Waals surface area contributed by atoms with Crippen molar-refractivity contribution in [3.8, 4) is 10.6 Å². The van der Waals surface area contributed by atoms with Gasteiger partial charge in [0.2, 0.25) is 0 Å². The first-order valence-electron chi connectivity index (χ1n) is 13.5. The van der Waals surface area contributed by atoms with Crippen LogP contribution in [0.4, 0.5) is 15.3 Å². The highest BCUT2D eigenvalue weighted by atomic mass is 32.1. The molecule has 3 aromatic heterocycles. The van der Waals surface area contributed by atoms with Crippen molar-refractivity contribution in [1.29, 1.82) is 0 Å². The van der Waals surface area contributed by atoms with E-state index in [0.717, 1.165) is 28.5 Å². The maximum Gasteiger partial charge on any atom is 0.306 e. The van der Waals surface area contributed by atoms with E-state index in [4.69, 9.17) is 4.98 Å². The number of amides is 1. The van der Waals surface area contributed by atoms with E-state index in [1.165, 1.54) is 42.0 Å². The average molecular weight is 574 g/mol. The predicted molar refractivity (Wildman–Crippen MR) is 155 cm³/mol. The number of pyridine rings is 1. The minimum absolute atomic E-state index is 0.111. The Kier molecular flexibility index (Phi) is 9.68. The normalized spacial score (nSPS) is 18.1. The van der Waals surface area contributed by atoms with Crippen LogP contribution in [0.1, 0.15) is 67.3 Å². The van der Waals surface area contributed by atoms with Gasteiger partial charge in [0.05, 0.1) is 22.1 Å². The molecule has 5 heterocycles. The molecule has 0 bridgehead atoms. The number of likely N-dealkylation sites (tertiary alicyclic amines) is 1. The van der Waals surface area contributed by atoms with Crippen molar-refractivity contribution < 1.29 is 19.1 Å². The second-order valence-electron chi connectivity index (χ2n) is 9.82. The van der Waals surface area contributed by atoms with Crippen LogP contribution in [0.25, 0.3) is 10.6 Å². The fraction of sp³-hybridized carbons (Fsp3) is 0.500. The molecule has 0 radical (unpaired) electrons. The number of anilines is 2. The zero-order valence-corrected chi connectivity index (χ0v) is 24.5. The van der Waals surface area contributed by atoms with E-state index >= 15 is 0 Å². The lowest BCUT2D eigenvalue weighted by Crippen LogP contribution is -2.37. The molecule has 5 rings (SSSR count). The van der Waals surface area contributed by atoms with E-state index in [1.807, 2.05) is 13.8 Å². The maximum absolute atomic E-state index is 14.9. The molecule has 2 fully saturated rings. The van der Waals surface area contributed by atoms with Crippen molar-refractivity contribution in [2.75, 3.05) is 29.9 Å². The Labute approximate surface area is 236 Å². The number of thiazole rings is 1. The molecule has 11 heteroatoms. The molecule has 3 aromatic rings. The summed E-state index contributed by atoms with van der Waals surface area (Å²) in [6.07, 6.45) is 4.60. The number of piperidine rings is 1. The van der Waals surface area contributed by atoms with Crippen LogP contribution in [0.3, 0.4) is 0 Å². The third-order valence-corrected chi connectivity index (χ3v) is 9.16. The standard InChI is InChI=1S/C26H30FN5O3S2.C2H6/c1-15-10-20(36-14-15)22-21(13-32-7-3-4-16(32)2)37-26(29-22)30-24(33)18-11-19(27)23(28-12-18)31-8-5-17(6-9-31)25(34)35;1-2/h10-12,14,16-17H,3-9,13H2,1-2H3,(H,34,35)(H,29,30,33);1-2H3. The first kappa shape index (κ1) is 29.1. The summed E-state index contributed by atoms with van der Waals surface area (Å²) >= 11 is 3.10. The molecule has 1 atom stereocenters. The molecule has 0 spiro atoms. The van der Waals surface area contributed by atoms with Gasteiger partial charge in [-0.15, -0.1) is 11.3 Å². The summed E-state index contributed by atoms with van der Waals surface area (Å²) in [5.41, 5.74) is 2.18. The van der Waals surface area contributed by atoms with Gasteiger partial charge in [-0.2, -0.15) is 0 Å². The van der Waals surface area contributed by atoms with Crippen LogP contribution in [0.2, 0.25) is 0 Å². The van der Waals surface area contributed by atoms with Crippen LogP contribution in [0, 0.1) is 18.7 Å². The highest BCUT2D eigenvalue weighted by Crippen LogP contribution is 2.37. The Morgan fingerprint density at radius 2 is 1.92 bits per heavy atom. The molecule has 2 aliphatic rings. The van der Waals surface area contributed by atoms with Crippen molar-refractivity contribution in [1.82, 2.24) is 14.9 Å². The van der Waals surface area contributed by atoms with Gasteiger partial charge in [0.1, 0.15) is 0 Å². The number of carbonyl (C=O) groups excluding carboxylic acids is 1. The van der Waals surface area contributed by atoms with E-state index in [9.17, 15) is 19.1 Å². The summed E-state index contributed by atoms with van der Waals surface area (Å²) in [7, 11) is 0. The summed E-state index contributed by atoms with van der Waals surface area (Å²) in [6, 6.07) is 3.81. The monoisotopic (exact) mass is 573 g/mol. The first-order valence-corrected chi connectivity index (χ1v) is 15.2. The summed E-state index contributed by atoms with van der Waals surface area (Å²) in [6.45, 7) is 10.9. The number of carbonyl (C=O) groups is 2. The van der Waals surface area contributed by atoms with Crippen molar-refractivity contribution in [2.45, 2.75) is 66.0 Å². The number of hydrogen-bond donors (Lipinski definition) is 2. The van der Waals surface area contributed by atoms with Crippen LogP contribution in [-0.4, -0.2) is 57.5 Å². The summed E-state index contributed by atoms with van der Waals surface area (Å²) in [4.78, 5) is 39.5. The summed E-state index contributed by atoms with van der Waals surface area (Å²) < 4.78 is 14.9. The van der Waals surface area contributed by atoms with Gasteiger partial charge >= 0.3 is 5.97 Å². The molecule has 210 valence electrons. The quantitative estimate of drug-likeness (QED) is 0.343. The SMILES string of the molecule is CC.Cc1csc(-c2nc(NC(=O)c3cnc(N4CCC(C(=O)O)CC4)c(F)c3)sc2CN2CCCC2C)c1. The average Bonchev–Trinajstić information content (AvgIpc) is 3.65. The molecular weight excluding hydrogens is 537 g/mol. The summed E-state index contributed by atoms with van der Waals surface area (Å²) in [5.74, 6) is -2.15. The van der Waals surface area contributed by atoms with Gasteiger partial charge in [-0.25, -0.2) is 14.4 Å². The lowest BCUT2D eigenvalue weighted by Gasteiger charge is -2.31. The van der Waals surface area contributed by atoms with Crippen molar-refractivity contribution in [2.24, 2.45) is 5.92 Å². The maximum atomic E-state index is 14.9. The topological polar surface area (TPSA) is 98.7 Å². The molecule has 2 N–H and O–H groups in total. The highest BCUT2D eigenvalue weighted by molar-refractivity contribution is 7.17. The third kappa shape index (κ3) is 6.82. The van der Waals surface area contributed by atoms with Gasteiger partial charge in [-0.3, -0.25) is 19.8 Å². The third-order valence-electron chi connectivity index (χ3n) is 7.15. The number of nitrogens with one attached hydrogen (secondary N) is 1. The molecule has 1 amide bonds. The van der Waals surface area contributed by atoms with Crippen molar-refractivity contribution in [3.05, 3.63) is 45.5 Å². The zero-order chi connectivity index (χ0) is 28.1. The van der Waals surface area contributed by atoms with E-state index in [0.29, 0.717) is 37.1 Å². The minimum Gasteiger partial charge on any atom is -0.481 e. The number of aromatic nitrogens is 2. The number of thiophene rings is 1. The van der Waals surface area contributed by atoms with Crippen LogP contribution >= 0.6 is 22.7 Å². The summed E-state index contributed by atoms with van der Waals surface area (Å²) in [5, 5.41) is 14.6. The van der Waals surface area contributed by atoms with Crippen LogP contribution in [0.15, 0.2) is 23.7 Å². The Morgan fingerprint density at radius 1 is 1.18 bits per heavy atom. The van der Waals surface area contributed by atoms with E-state index < -0.39 is 23.6 Å². The van der Waals surface area contributed by atoms with Crippen molar-refractivity contribution in [3.63, 3.8) is 0 Å². The highest BCUT2D eigenvalue weighted by Gasteiger charge is 2.28. The number of aliphatic carboxylic acids is 1. The van der Waals surface area contributed by atoms with Gasteiger partial charge in [-0.1, -0.05) is 25.2 Å². The fourth-order valence-corrected chi connectivity index (χ4v) is 6.94.